The Morgan fingerprint density at radius 2 is 1.85 bits per heavy atom. The summed E-state index contributed by atoms with van der Waals surface area (Å²) in [4.78, 5) is 12.9. The van der Waals surface area contributed by atoms with Gasteiger partial charge in [0.05, 0.1) is 6.10 Å². The highest BCUT2D eigenvalue weighted by Gasteiger charge is 2.30. The van der Waals surface area contributed by atoms with Gasteiger partial charge in [-0.1, -0.05) is 12.1 Å². The molecule has 0 bridgehead atoms. The molecule has 1 heterocycles. The van der Waals surface area contributed by atoms with Crippen molar-refractivity contribution in [1.82, 2.24) is 4.90 Å². The molecule has 0 aliphatic carbocycles. The molecule has 0 spiro atoms. The first-order valence-electron chi connectivity index (χ1n) is 6.89. The van der Waals surface area contributed by atoms with Crippen LogP contribution in [0.3, 0.4) is 0 Å². The first-order chi connectivity index (χ1) is 9.49. The Morgan fingerprint density at radius 3 is 2.35 bits per heavy atom. The number of carbonyl (C=O) groups is 1. The number of hydrogen-bond donors (Lipinski definition) is 2. The lowest BCUT2D eigenvalue weighted by molar-refractivity contribution is -0.143. The molecule has 2 rings (SSSR count). The van der Waals surface area contributed by atoms with Gasteiger partial charge in [-0.3, -0.25) is 9.69 Å². The molecule has 110 valence electrons. The molecule has 1 fully saturated rings. The molecule has 0 unspecified atom stereocenters. The van der Waals surface area contributed by atoms with Crippen molar-refractivity contribution in [2.75, 3.05) is 13.1 Å². The van der Waals surface area contributed by atoms with Gasteiger partial charge in [-0.05, 0) is 56.5 Å². The molecule has 1 aromatic carbocycles. The van der Waals surface area contributed by atoms with E-state index in [1.54, 1.807) is 19.1 Å². The molecule has 0 radical (unpaired) electrons. The van der Waals surface area contributed by atoms with Crippen LogP contribution >= 0.6 is 0 Å². The van der Waals surface area contributed by atoms with Crippen LogP contribution in [0.2, 0.25) is 0 Å². The number of benzene rings is 1. The van der Waals surface area contributed by atoms with E-state index in [1.807, 2.05) is 4.90 Å². The quantitative estimate of drug-likeness (QED) is 0.886. The number of aliphatic hydroxyl groups excluding tert-OH is 1. The fourth-order valence-electron chi connectivity index (χ4n) is 2.71. The second kappa shape index (κ2) is 6.33. The van der Waals surface area contributed by atoms with Gasteiger partial charge in [0.15, 0.2) is 0 Å². The number of carboxylic acid groups (broad SMARTS) is 1. The summed E-state index contributed by atoms with van der Waals surface area (Å²) in [5, 5.41) is 19.3. The summed E-state index contributed by atoms with van der Waals surface area (Å²) in [6.45, 7) is 3.01. The van der Waals surface area contributed by atoms with Crippen molar-refractivity contribution in [3.05, 3.63) is 35.6 Å². The lowest BCUT2D eigenvalue weighted by Gasteiger charge is -2.36. The zero-order valence-corrected chi connectivity index (χ0v) is 11.5. The van der Waals surface area contributed by atoms with Gasteiger partial charge in [0.1, 0.15) is 11.9 Å². The Balaban J connectivity index is 1.93. The third-order valence-electron chi connectivity index (χ3n) is 4.14. The highest BCUT2D eigenvalue weighted by molar-refractivity contribution is 5.72. The molecule has 1 aliphatic heterocycles. The van der Waals surface area contributed by atoms with Gasteiger partial charge in [-0.15, -0.1) is 0 Å². The van der Waals surface area contributed by atoms with Crippen LogP contribution in [0.1, 0.15) is 31.4 Å². The minimum Gasteiger partial charge on any atom is -0.480 e. The predicted octanol–water partition coefficient (Wildman–Crippen LogP) is 2.04. The van der Waals surface area contributed by atoms with E-state index in [0.717, 1.165) is 18.4 Å². The second-order valence-electron chi connectivity index (χ2n) is 5.38. The molecule has 1 aromatic rings. The summed E-state index contributed by atoms with van der Waals surface area (Å²) in [5.74, 6) is -1.04. The Labute approximate surface area is 117 Å². The van der Waals surface area contributed by atoms with Gasteiger partial charge < -0.3 is 10.2 Å². The van der Waals surface area contributed by atoms with Crippen molar-refractivity contribution in [1.29, 1.82) is 0 Å². The van der Waals surface area contributed by atoms with Gasteiger partial charge in [0.2, 0.25) is 0 Å². The van der Waals surface area contributed by atoms with E-state index in [4.69, 9.17) is 5.11 Å². The zero-order valence-electron chi connectivity index (χ0n) is 11.5. The van der Waals surface area contributed by atoms with Gasteiger partial charge >= 0.3 is 5.97 Å². The molecule has 0 amide bonds. The van der Waals surface area contributed by atoms with Crippen LogP contribution < -0.4 is 0 Å². The van der Waals surface area contributed by atoms with Crippen LogP contribution in [-0.2, 0) is 4.79 Å². The first-order valence-corrected chi connectivity index (χ1v) is 6.89. The maximum absolute atomic E-state index is 12.9. The lowest BCUT2D eigenvalue weighted by atomic mass is 9.87. The van der Waals surface area contributed by atoms with Gasteiger partial charge in [0, 0.05) is 0 Å². The van der Waals surface area contributed by atoms with Crippen LogP contribution in [-0.4, -0.2) is 40.2 Å². The Kier molecular flexibility index (Phi) is 4.73. The predicted molar refractivity (Wildman–Crippen MR) is 72.8 cm³/mol. The van der Waals surface area contributed by atoms with Crippen LogP contribution in [0.25, 0.3) is 0 Å². The van der Waals surface area contributed by atoms with Gasteiger partial charge in [-0.2, -0.15) is 0 Å². The highest BCUT2D eigenvalue weighted by atomic mass is 19.1. The van der Waals surface area contributed by atoms with Gasteiger partial charge in [0.25, 0.3) is 0 Å². The van der Waals surface area contributed by atoms with Crippen molar-refractivity contribution >= 4 is 5.97 Å². The topological polar surface area (TPSA) is 60.8 Å². The molecular weight excluding hydrogens is 261 g/mol. The molecular formula is C15H20FNO3. The number of nitrogens with zero attached hydrogens (tertiary/aromatic N) is 1. The normalized spacial score (nSPS) is 20.6. The standard InChI is InChI=1S/C15H20FNO3/c1-10(15(19)20)17-8-6-12(7-9-17)14(18)11-2-4-13(16)5-3-11/h2-5,10,12,14,18H,6-9H2,1H3,(H,19,20)/t10-,14-/m1/s1. The molecule has 5 heteroatoms. The number of aliphatic carboxylic acids is 1. The van der Waals surface area contributed by atoms with E-state index < -0.39 is 18.1 Å². The summed E-state index contributed by atoms with van der Waals surface area (Å²) in [6, 6.07) is 5.41. The fourth-order valence-corrected chi connectivity index (χ4v) is 2.71. The average Bonchev–Trinajstić information content (AvgIpc) is 2.46. The molecule has 2 atom stereocenters. The molecule has 1 saturated heterocycles. The Morgan fingerprint density at radius 1 is 1.30 bits per heavy atom. The molecule has 0 aromatic heterocycles. The molecule has 4 nitrogen and oxygen atoms in total. The van der Waals surface area contributed by atoms with E-state index in [-0.39, 0.29) is 11.7 Å². The van der Waals surface area contributed by atoms with E-state index >= 15 is 0 Å². The van der Waals surface area contributed by atoms with Crippen LogP contribution in [0.4, 0.5) is 4.39 Å². The molecule has 1 aliphatic rings. The summed E-state index contributed by atoms with van der Waals surface area (Å²) >= 11 is 0. The number of aliphatic hydroxyl groups is 1. The molecule has 2 N–H and O–H groups in total. The monoisotopic (exact) mass is 281 g/mol. The lowest BCUT2D eigenvalue weighted by Crippen LogP contribution is -2.44. The number of hydrogen-bond acceptors (Lipinski definition) is 3. The van der Waals surface area contributed by atoms with Crippen LogP contribution in [0.5, 0.6) is 0 Å². The Bertz CT molecular complexity index is 455. The van der Waals surface area contributed by atoms with Crippen LogP contribution in [0.15, 0.2) is 24.3 Å². The van der Waals surface area contributed by atoms with Crippen molar-refractivity contribution in [2.24, 2.45) is 5.92 Å². The van der Waals surface area contributed by atoms with Crippen LogP contribution in [0, 0.1) is 11.7 Å². The third kappa shape index (κ3) is 3.35. The Hall–Kier alpha value is -1.46. The van der Waals surface area contributed by atoms with E-state index in [9.17, 15) is 14.3 Å². The number of piperidine rings is 1. The fraction of sp³-hybridized carbons (Fsp3) is 0.533. The van der Waals surface area contributed by atoms with E-state index in [1.165, 1.54) is 12.1 Å². The third-order valence-corrected chi connectivity index (χ3v) is 4.14. The maximum atomic E-state index is 12.9. The second-order valence-corrected chi connectivity index (χ2v) is 5.38. The SMILES string of the molecule is C[C@H](C(=O)O)N1CCC([C@H](O)c2ccc(F)cc2)CC1. The van der Waals surface area contributed by atoms with E-state index in [0.29, 0.717) is 13.1 Å². The largest absolute Gasteiger partial charge is 0.480 e. The van der Waals surface area contributed by atoms with Gasteiger partial charge in [-0.25, -0.2) is 4.39 Å². The summed E-state index contributed by atoms with van der Waals surface area (Å²) in [5.41, 5.74) is 0.719. The highest BCUT2D eigenvalue weighted by Crippen LogP contribution is 2.31. The van der Waals surface area contributed by atoms with Crippen molar-refractivity contribution in [2.45, 2.75) is 31.9 Å². The number of likely N-dealkylation sites (tertiary alicyclic amines) is 1. The smallest absolute Gasteiger partial charge is 0.320 e. The minimum atomic E-state index is -0.817. The summed E-state index contributed by atoms with van der Waals surface area (Å²) in [6.07, 6.45) is 0.879. The number of rotatable bonds is 4. The zero-order chi connectivity index (χ0) is 14.7. The molecule has 0 saturated carbocycles. The average molecular weight is 281 g/mol. The van der Waals surface area contributed by atoms with E-state index in [2.05, 4.69) is 0 Å². The summed E-state index contributed by atoms with van der Waals surface area (Å²) < 4.78 is 12.9. The number of halogens is 1. The van der Waals surface area contributed by atoms with Crippen molar-refractivity contribution in [3.8, 4) is 0 Å². The van der Waals surface area contributed by atoms with Crippen molar-refractivity contribution < 1.29 is 19.4 Å². The first kappa shape index (κ1) is 14.9. The van der Waals surface area contributed by atoms with Crippen molar-refractivity contribution in [3.63, 3.8) is 0 Å². The number of carboxylic acids is 1. The summed E-state index contributed by atoms with van der Waals surface area (Å²) in [7, 11) is 0. The maximum Gasteiger partial charge on any atom is 0.320 e. The minimum absolute atomic E-state index is 0.0951. The molecule has 20 heavy (non-hydrogen) atoms.